The highest BCUT2D eigenvalue weighted by atomic mass is 16.2. The van der Waals surface area contributed by atoms with E-state index in [1.165, 1.54) is 5.69 Å². The molecule has 0 saturated heterocycles. The first-order valence-corrected chi connectivity index (χ1v) is 6.86. The lowest BCUT2D eigenvalue weighted by atomic mass is 10.4. The molecule has 2 heterocycles. The average molecular weight is 273 g/mol. The van der Waals surface area contributed by atoms with Gasteiger partial charge >= 0.3 is 0 Å². The third-order valence-electron chi connectivity index (χ3n) is 3.41. The molecule has 2 N–H and O–H groups in total. The van der Waals surface area contributed by atoms with E-state index in [4.69, 9.17) is 0 Å². The maximum atomic E-state index is 11.7. The van der Waals surface area contributed by atoms with Crippen molar-refractivity contribution in [3.63, 3.8) is 0 Å². The summed E-state index contributed by atoms with van der Waals surface area (Å²) in [5.74, 6) is 0.0320. The zero-order valence-corrected chi connectivity index (χ0v) is 11.5. The zero-order chi connectivity index (χ0) is 13.9. The highest BCUT2D eigenvalue weighted by Crippen LogP contribution is 2.18. The summed E-state index contributed by atoms with van der Waals surface area (Å²) in [6.45, 7) is 1.02. The van der Waals surface area contributed by atoms with Crippen LogP contribution in [0.15, 0.2) is 30.7 Å². The number of nitrogens with zero attached hydrogens (tertiary/aromatic N) is 3. The van der Waals surface area contributed by atoms with Crippen LogP contribution >= 0.6 is 0 Å². The first kappa shape index (κ1) is 12.8. The Morgan fingerprint density at radius 1 is 1.50 bits per heavy atom. The molecule has 0 aromatic carbocycles. The van der Waals surface area contributed by atoms with Crippen molar-refractivity contribution in [2.24, 2.45) is 7.05 Å². The zero-order valence-electron chi connectivity index (χ0n) is 11.5. The number of nitrogens with one attached hydrogen (secondary N) is 2. The van der Waals surface area contributed by atoms with Gasteiger partial charge in [0.25, 0.3) is 0 Å². The Bertz CT molecular complexity index is 596. The second kappa shape index (κ2) is 5.40. The van der Waals surface area contributed by atoms with Gasteiger partial charge in [-0.05, 0) is 25.0 Å². The summed E-state index contributed by atoms with van der Waals surface area (Å²) in [5, 5.41) is 10.4. The summed E-state index contributed by atoms with van der Waals surface area (Å²) in [5.41, 5.74) is 2.12. The molecular formula is C14H19N5O. The van der Waals surface area contributed by atoms with Gasteiger partial charge in [0.1, 0.15) is 6.54 Å². The second-order valence-corrected chi connectivity index (χ2v) is 5.23. The summed E-state index contributed by atoms with van der Waals surface area (Å²) >= 11 is 0. The highest BCUT2D eigenvalue weighted by molar-refractivity contribution is 5.76. The van der Waals surface area contributed by atoms with E-state index < -0.39 is 0 Å². The van der Waals surface area contributed by atoms with Gasteiger partial charge in [-0.2, -0.15) is 5.10 Å². The lowest BCUT2D eigenvalue weighted by Gasteiger charge is -2.05. The van der Waals surface area contributed by atoms with Gasteiger partial charge in [0.05, 0.1) is 18.4 Å². The monoisotopic (exact) mass is 273 g/mol. The molecule has 6 heteroatoms. The van der Waals surface area contributed by atoms with Crippen molar-refractivity contribution in [3.8, 4) is 0 Å². The Kier molecular flexibility index (Phi) is 3.45. The van der Waals surface area contributed by atoms with Crippen LogP contribution in [0.25, 0.3) is 0 Å². The van der Waals surface area contributed by atoms with E-state index in [-0.39, 0.29) is 12.5 Å². The second-order valence-electron chi connectivity index (χ2n) is 5.23. The summed E-state index contributed by atoms with van der Waals surface area (Å²) in [6, 6.07) is 4.48. The van der Waals surface area contributed by atoms with Crippen LogP contribution in [-0.4, -0.2) is 26.3 Å². The van der Waals surface area contributed by atoms with Crippen LogP contribution in [0.1, 0.15) is 18.5 Å². The van der Waals surface area contributed by atoms with E-state index in [1.807, 2.05) is 25.5 Å². The fraction of sp³-hybridized carbons (Fsp3) is 0.429. The van der Waals surface area contributed by atoms with Crippen molar-refractivity contribution in [3.05, 3.63) is 36.4 Å². The average Bonchev–Trinajstić information content (AvgIpc) is 2.95. The van der Waals surface area contributed by atoms with Gasteiger partial charge in [-0.3, -0.25) is 9.48 Å². The molecule has 0 aliphatic heterocycles. The van der Waals surface area contributed by atoms with Gasteiger partial charge in [0.2, 0.25) is 5.91 Å². The summed E-state index contributed by atoms with van der Waals surface area (Å²) < 4.78 is 3.73. The van der Waals surface area contributed by atoms with Crippen LogP contribution < -0.4 is 10.6 Å². The maximum Gasteiger partial charge on any atom is 0.241 e. The lowest BCUT2D eigenvalue weighted by Crippen LogP contribution is -2.29. The molecule has 2 aromatic heterocycles. The minimum atomic E-state index is 0.0320. The minimum absolute atomic E-state index is 0.0320. The Hall–Kier alpha value is -2.24. The van der Waals surface area contributed by atoms with Crippen molar-refractivity contribution in [1.29, 1.82) is 0 Å². The van der Waals surface area contributed by atoms with Crippen LogP contribution in [-0.2, 0) is 24.9 Å². The summed E-state index contributed by atoms with van der Waals surface area (Å²) in [6.07, 6.45) is 7.83. The van der Waals surface area contributed by atoms with Crippen molar-refractivity contribution in [2.45, 2.75) is 32.0 Å². The third kappa shape index (κ3) is 3.20. The van der Waals surface area contributed by atoms with E-state index in [1.54, 1.807) is 10.9 Å². The number of carbonyl (C=O) groups excluding carboxylic acids is 1. The fourth-order valence-electron chi connectivity index (χ4n) is 2.06. The highest BCUT2D eigenvalue weighted by Gasteiger charge is 2.23. The number of anilines is 1. The smallest absolute Gasteiger partial charge is 0.241 e. The van der Waals surface area contributed by atoms with E-state index in [2.05, 4.69) is 26.4 Å². The van der Waals surface area contributed by atoms with Gasteiger partial charge < -0.3 is 15.2 Å². The van der Waals surface area contributed by atoms with Gasteiger partial charge in [-0.15, -0.1) is 0 Å². The van der Waals surface area contributed by atoms with Crippen LogP contribution in [0.4, 0.5) is 5.69 Å². The maximum absolute atomic E-state index is 11.7. The van der Waals surface area contributed by atoms with Gasteiger partial charge in [-0.1, -0.05) is 0 Å². The first-order valence-electron chi connectivity index (χ1n) is 6.86. The molecule has 20 heavy (non-hydrogen) atoms. The van der Waals surface area contributed by atoms with Crippen LogP contribution in [0, 0.1) is 0 Å². The molecule has 106 valence electrons. The molecule has 0 unspecified atom stereocenters. The molecule has 2 aromatic rings. The van der Waals surface area contributed by atoms with E-state index in [0.717, 1.165) is 25.1 Å². The normalized spacial score (nSPS) is 14.2. The van der Waals surface area contributed by atoms with E-state index in [0.29, 0.717) is 6.04 Å². The number of hydrogen-bond acceptors (Lipinski definition) is 3. The molecule has 3 rings (SSSR count). The van der Waals surface area contributed by atoms with E-state index in [9.17, 15) is 4.79 Å². The molecule has 0 spiro atoms. The molecule has 1 aliphatic rings. The standard InChI is InChI=1S/C14H19N5O/c1-18-6-2-3-13(18)8-15-12-7-16-19(9-12)10-14(20)17-11-4-5-11/h2-3,6-7,9,11,15H,4-5,8,10H2,1H3,(H,17,20). The molecule has 6 nitrogen and oxygen atoms in total. The van der Waals surface area contributed by atoms with Crippen molar-refractivity contribution < 1.29 is 4.79 Å². The topological polar surface area (TPSA) is 63.9 Å². The fourth-order valence-corrected chi connectivity index (χ4v) is 2.06. The van der Waals surface area contributed by atoms with Crippen molar-refractivity contribution in [2.75, 3.05) is 5.32 Å². The number of hydrogen-bond donors (Lipinski definition) is 2. The molecule has 0 radical (unpaired) electrons. The predicted molar refractivity (Wildman–Crippen MR) is 76.1 cm³/mol. The SMILES string of the molecule is Cn1cccc1CNc1cnn(CC(=O)NC2CC2)c1. The number of aryl methyl sites for hydroxylation is 1. The Balaban J connectivity index is 1.51. The Labute approximate surface area is 117 Å². The van der Waals surface area contributed by atoms with E-state index >= 15 is 0 Å². The van der Waals surface area contributed by atoms with Gasteiger partial charge in [-0.25, -0.2) is 0 Å². The first-order chi connectivity index (χ1) is 9.70. The lowest BCUT2D eigenvalue weighted by molar-refractivity contribution is -0.122. The number of amides is 1. The number of aromatic nitrogens is 3. The minimum Gasteiger partial charge on any atom is -0.377 e. The molecule has 1 saturated carbocycles. The van der Waals surface area contributed by atoms with Crippen molar-refractivity contribution in [1.82, 2.24) is 19.7 Å². The number of rotatable bonds is 6. The molecule has 1 fully saturated rings. The molecule has 0 atom stereocenters. The molecule has 0 bridgehead atoms. The Morgan fingerprint density at radius 3 is 3.05 bits per heavy atom. The van der Waals surface area contributed by atoms with Crippen molar-refractivity contribution >= 4 is 11.6 Å². The third-order valence-corrected chi connectivity index (χ3v) is 3.41. The number of carbonyl (C=O) groups is 1. The van der Waals surface area contributed by atoms with Gasteiger partial charge in [0.15, 0.2) is 0 Å². The summed E-state index contributed by atoms with van der Waals surface area (Å²) in [7, 11) is 2.02. The van der Waals surface area contributed by atoms with Gasteiger partial charge in [0, 0.05) is 31.2 Å². The molecular weight excluding hydrogens is 254 g/mol. The quantitative estimate of drug-likeness (QED) is 0.829. The largest absolute Gasteiger partial charge is 0.377 e. The summed E-state index contributed by atoms with van der Waals surface area (Å²) in [4.78, 5) is 11.7. The van der Waals surface area contributed by atoms with Crippen LogP contribution in [0.2, 0.25) is 0 Å². The predicted octanol–water partition coefficient (Wildman–Crippen LogP) is 1.11. The van der Waals surface area contributed by atoms with Crippen LogP contribution in [0.5, 0.6) is 0 Å². The Morgan fingerprint density at radius 2 is 2.35 bits per heavy atom. The molecule has 1 aliphatic carbocycles. The van der Waals surface area contributed by atoms with Crippen LogP contribution in [0.3, 0.4) is 0 Å². The molecule has 1 amide bonds.